The van der Waals surface area contributed by atoms with Crippen molar-refractivity contribution < 1.29 is 4.74 Å². The van der Waals surface area contributed by atoms with E-state index in [1.165, 1.54) is 39.2 Å². The van der Waals surface area contributed by atoms with Crippen LogP contribution in [0.5, 0.6) is 0 Å². The second-order valence-corrected chi connectivity index (χ2v) is 7.23. The molecular weight excluding hydrogens is 327 g/mol. The Bertz CT molecular complexity index is 454. The minimum absolute atomic E-state index is 0.0908. The van der Waals surface area contributed by atoms with E-state index in [9.17, 15) is 0 Å². The van der Waals surface area contributed by atoms with Crippen LogP contribution in [-0.2, 0) is 4.74 Å². The first-order valence-corrected chi connectivity index (χ1v) is 8.36. The maximum atomic E-state index is 6.17. The molecule has 0 aromatic carbocycles. The Kier molecular flexibility index (Phi) is 4.54. The second-order valence-electron chi connectivity index (χ2n) is 5.24. The van der Waals surface area contributed by atoms with Crippen LogP contribution in [0.3, 0.4) is 0 Å². The molecule has 96 valence electrons. The van der Waals surface area contributed by atoms with E-state index in [-0.39, 0.29) is 5.60 Å². The van der Waals surface area contributed by atoms with Gasteiger partial charge in [0.15, 0.2) is 0 Å². The number of rotatable bonds is 4. The molecular formula is C16H22OSn. The van der Waals surface area contributed by atoms with Gasteiger partial charge < -0.3 is 0 Å². The third-order valence-electron chi connectivity index (χ3n) is 3.88. The summed E-state index contributed by atoms with van der Waals surface area (Å²) in [5, 5.41) is 0. The predicted octanol–water partition coefficient (Wildman–Crippen LogP) is 3.56. The van der Waals surface area contributed by atoms with E-state index >= 15 is 0 Å². The van der Waals surface area contributed by atoms with E-state index in [4.69, 9.17) is 4.74 Å². The van der Waals surface area contributed by atoms with E-state index in [0.29, 0.717) is 0 Å². The molecule has 18 heavy (non-hydrogen) atoms. The molecule has 2 rings (SSSR count). The molecule has 0 aliphatic heterocycles. The summed E-state index contributed by atoms with van der Waals surface area (Å²) < 4.78 is 7.80. The number of allylic oxidation sites excluding steroid dienone is 5. The van der Waals surface area contributed by atoms with Gasteiger partial charge in [0.2, 0.25) is 0 Å². The summed E-state index contributed by atoms with van der Waals surface area (Å²) in [5.41, 5.74) is 4.17. The molecule has 1 unspecified atom stereocenters. The molecule has 2 heteroatoms. The van der Waals surface area contributed by atoms with E-state index in [1.54, 1.807) is 3.59 Å². The second kappa shape index (κ2) is 5.79. The Morgan fingerprint density at radius 3 is 2.72 bits per heavy atom. The van der Waals surface area contributed by atoms with E-state index in [2.05, 4.69) is 45.1 Å². The van der Waals surface area contributed by atoms with E-state index in [1.807, 2.05) is 0 Å². The van der Waals surface area contributed by atoms with Gasteiger partial charge in [-0.2, -0.15) is 0 Å². The number of hydrogen-bond acceptors (Lipinski definition) is 1. The van der Waals surface area contributed by atoms with Crippen molar-refractivity contribution in [2.45, 2.75) is 45.6 Å². The molecule has 0 saturated heterocycles. The molecule has 0 aromatic heterocycles. The average Bonchev–Trinajstić information content (AvgIpc) is 2.71. The Morgan fingerprint density at radius 2 is 2.17 bits per heavy atom. The Hall–Kier alpha value is -0.281. The first-order chi connectivity index (χ1) is 8.57. The van der Waals surface area contributed by atoms with Gasteiger partial charge in [0.05, 0.1) is 0 Å². The normalized spacial score (nSPS) is 27.6. The Balaban J connectivity index is 2.26. The molecule has 0 amide bonds. The van der Waals surface area contributed by atoms with Crippen LogP contribution in [0.4, 0.5) is 0 Å². The fraction of sp³-hybridized carbons (Fsp3) is 0.500. The maximum absolute atomic E-state index is 6.17. The standard InChI is InChI=1S/C16H21O.Sn.H/c1-4-17-16(12-15-7-5-6-8-15)10-9-13(2)11-14(16)3;;/h5,7,9,11H,4,6,10,12H2,1-3H3;;. The zero-order valence-corrected chi connectivity index (χ0v) is 14.9. The molecule has 1 atom stereocenters. The van der Waals surface area contributed by atoms with Crippen molar-refractivity contribution in [3.63, 3.8) is 0 Å². The molecule has 0 bridgehead atoms. The topological polar surface area (TPSA) is 9.23 Å². The van der Waals surface area contributed by atoms with Crippen molar-refractivity contribution in [2.75, 3.05) is 6.61 Å². The van der Waals surface area contributed by atoms with Gasteiger partial charge in [-0.05, 0) is 0 Å². The minimum atomic E-state index is -0.0908. The van der Waals surface area contributed by atoms with Gasteiger partial charge in [0, 0.05) is 0 Å². The summed E-state index contributed by atoms with van der Waals surface area (Å²) in [7, 11) is 0. The van der Waals surface area contributed by atoms with E-state index in [0.717, 1.165) is 25.9 Å². The fourth-order valence-electron chi connectivity index (χ4n) is 2.78. The average molecular weight is 349 g/mol. The third kappa shape index (κ3) is 2.83. The summed E-state index contributed by atoms with van der Waals surface area (Å²) in [6.45, 7) is 7.27. The molecule has 2 aliphatic rings. The molecule has 2 aliphatic carbocycles. The number of hydrogen-bond donors (Lipinski definition) is 0. The van der Waals surface area contributed by atoms with Crippen molar-refractivity contribution in [3.05, 3.63) is 44.6 Å². The summed E-state index contributed by atoms with van der Waals surface area (Å²) in [4.78, 5) is 0. The SMILES string of the molecule is CCOC1(CC2=[C]([SnH])CC=C2)CC=C(C)C=C1C. The van der Waals surface area contributed by atoms with Crippen LogP contribution in [0.15, 0.2) is 44.6 Å². The summed E-state index contributed by atoms with van der Waals surface area (Å²) in [6.07, 6.45) is 12.4. The Morgan fingerprint density at radius 1 is 1.39 bits per heavy atom. The zero-order valence-electron chi connectivity index (χ0n) is 11.6. The summed E-state index contributed by atoms with van der Waals surface area (Å²) >= 11 is 1.24. The first kappa shape index (κ1) is 14.1. The zero-order chi connectivity index (χ0) is 13.2. The van der Waals surface area contributed by atoms with Crippen LogP contribution in [0.2, 0.25) is 0 Å². The monoisotopic (exact) mass is 350 g/mol. The van der Waals surface area contributed by atoms with Crippen LogP contribution in [0, 0.1) is 0 Å². The van der Waals surface area contributed by atoms with Crippen LogP contribution >= 0.6 is 0 Å². The molecule has 0 saturated carbocycles. The van der Waals surface area contributed by atoms with Gasteiger partial charge in [-0.25, -0.2) is 0 Å². The predicted molar refractivity (Wildman–Crippen MR) is 79.0 cm³/mol. The molecule has 0 fully saturated rings. The van der Waals surface area contributed by atoms with E-state index < -0.39 is 0 Å². The Labute approximate surface area is 124 Å². The summed E-state index contributed by atoms with van der Waals surface area (Å²) in [6, 6.07) is 0. The summed E-state index contributed by atoms with van der Waals surface area (Å²) in [5.74, 6) is 0. The number of ether oxygens (including phenoxy) is 1. The van der Waals surface area contributed by atoms with Crippen molar-refractivity contribution in [1.82, 2.24) is 0 Å². The van der Waals surface area contributed by atoms with Crippen LogP contribution in [0.25, 0.3) is 0 Å². The van der Waals surface area contributed by atoms with Gasteiger partial charge in [0.1, 0.15) is 0 Å². The van der Waals surface area contributed by atoms with Crippen LogP contribution < -0.4 is 0 Å². The van der Waals surface area contributed by atoms with Crippen molar-refractivity contribution in [2.24, 2.45) is 0 Å². The van der Waals surface area contributed by atoms with Gasteiger partial charge in [-0.1, -0.05) is 0 Å². The molecule has 0 N–H and O–H groups in total. The molecule has 0 aromatic rings. The van der Waals surface area contributed by atoms with Gasteiger partial charge in [-0.15, -0.1) is 0 Å². The molecule has 0 heterocycles. The van der Waals surface area contributed by atoms with Gasteiger partial charge in [0.25, 0.3) is 0 Å². The first-order valence-electron chi connectivity index (χ1n) is 6.71. The van der Waals surface area contributed by atoms with Crippen molar-refractivity contribution >= 4 is 22.5 Å². The van der Waals surface area contributed by atoms with Crippen molar-refractivity contribution in [1.29, 1.82) is 0 Å². The quantitative estimate of drug-likeness (QED) is 0.706. The van der Waals surface area contributed by atoms with Crippen molar-refractivity contribution in [3.8, 4) is 0 Å². The van der Waals surface area contributed by atoms with Gasteiger partial charge in [-0.3, -0.25) is 0 Å². The molecule has 1 nitrogen and oxygen atoms in total. The fourth-order valence-corrected chi connectivity index (χ4v) is 3.73. The molecule has 0 spiro atoms. The third-order valence-corrected chi connectivity index (χ3v) is 5.61. The molecule has 2 radical (unpaired) electrons. The van der Waals surface area contributed by atoms with Crippen LogP contribution in [0.1, 0.15) is 40.0 Å². The van der Waals surface area contributed by atoms with Gasteiger partial charge >= 0.3 is 124 Å². The van der Waals surface area contributed by atoms with Crippen LogP contribution in [-0.4, -0.2) is 34.7 Å².